The number of benzene rings is 1. The second kappa shape index (κ2) is 6.31. The highest BCUT2D eigenvalue weighted by atomic mass is 32.2. The molecule has 1 unspecified atom stereocenters. The van der Waals surface area contributed by atoms with E-state index in [2.05, 4.69) is 5.32 Å². The molecule has 4 nitrogen and oxygen atoms in total. The van der Waals surface area contributed by atoms with Gasteiger partial charge in [-0.15, -0.1) is 11.8 Å². The molecule has 0 saturated carbocycles. The molecule has 0 aliphatic carbocycles. The first-order valence-electron chi connectivity index (χ1n) is 6.75. The molecule has 1 saturated heterocycles. The number of hydrogen-bond donors (Lipinski definition) is 1. The maximum Gasteiger partial charge on any atom is 0.239 e. The Labute approximate surface area is 123 Å². The van der Waals surface area contributed by atoms with Crippen molar-refractivity contribution in [2.24, 2.45) is 0 Å². The van der Waals surface area contributed by atoms with Gasteiger partial charge in [0, 0.05) is 6.04 Å². The van der Waals surface area contributed by atoms with Crippen molar-refractivity contribution < 1.29 is 9.59 Å². The molecular weight excluding hydrogens is 272 g/mol. The Kier molecular flexibility index (Phi) is 4.70. The third kappa shape index (κ3) is 3.33. The van der Waals surface area contributed by atoms with Gasteiger partial charge in [-0.05, 0) is 31.9 Å². The van der Waals surface area contributed by atoms with Gasteiger partial charge in [0.2, 0.25) is 11.8 Å². The van der Waals surface area contributed by atoms with Crippen molar-refractivity contribution in [2.75, 3.05) is 12.3 Å². The first-order valence-corrected chi connectivity index (χ1v) is 7.80. The number of hydrogen-bond acceptors (Lipinski definition) is 3. The third-order valence-electron chi connectivity index (χ3n) is 3.19. The summed E-state index contributed by atoms with van der Waals surface area (Å²) in [4.78, 5) is 25.6. The van der Waals surface area contributed by atoms with Crippen LogP contribution in [0.15, 0.2) is 24.3 Å². The summed E-state index contributed by atoms with van der Waals surface area (Å²) in [6.07, 6.45) is 0. The first-order chi connectivity index (χ1) is 9.49. The minimum absolute atomic E-state index is 0.0298. The first kappa shape index (κ1) is 14.9. The molecule has 1 aromatic rings. The van der Waals surface area contributed by atoms with Crippen LogP contribution in [0.3, 0.4) is 0 Å². The number of thioether (sulfide) groups is 1. The summed E-state index contributed by atoms with van der Waals surface area (Å²) in [5, 5.41) is 2.78. The van der Waals surface area contributed by atoms with E-state index >= 15 is 0 Å². The number of rotatable bonds is 4. The highest BCUT2D eigenvalue weighted by molar-refractivity contribution is 8.00. The Balaban J connectivity index is 2.15. The highest BCUT2D eigenvalue weighted by Gasteiger charge is 2.34. The summed E-state index contributed by atoms with van der Waals surface area (Å²) >= 11 is 1.58. The normalized spacial score (nSPS) is 18.7. The van der Waals surface area contributed by atoms with Gasteiger partial charge in [0.05, 0.1) is 5.75 Å². The van der Waals surface area contributed by atoms with Crippen molar-refractivity contribution in [1.82, 2.24) is 10.2 Å². The van der Waals surface area contributed by atoms with E-state index in [1.54, 1.807) is 16.7 Å². The summed E-state index contributed by atoms with van der Waals surface area (Å²) in [7, 11) is 0. The molecule has 0 spiro atoms. The number of aryl methyl sites for hydroxylation is 1. The lowest BCUT2D eigenvalue weighted by molar-refractivity contribution is -0.134. The number of nitrogens with zero attached hydrogens (tertiary/aromatic N) is 1. The molecule has 0 bridgehead atoms. The molecule has 108 valence electrons. The summed E-state index contributed by atoms with van der Waals surface area (Å²) < 4.78 is 0. The molecule has 2 amide bonds. The lowest BCUT2D eigenvalue weighted by Crippen LogP contribution is -2.41. The van der Waals surface area contributed by atoms with Gasteiger partial charge in [-0.3, -0.25) is 9.59 Å². The Bertz CT molecular complexity index is 516. The van der Waals surface area contributed by atoms with Crippen LogP contribution in [0.4, 0.5) is 0 Å². The van der Waals surface area contributed by atoms with E-state index < -0.39 is 0 Å². The van der Waals surface area contributed by atoms with Gasteiger partial charge in [0.25, 0.3) is 0 Å². The van der Waals surface area contributed by atoms with Crippen LogP contribution in [-0.2, 0) is 9.59 Å². The zero-order chi connectivity index (χ0) is 14.7. The molecule has 1 fully saturated rings. The third-order valence-corrected chi connectivity index (χ3v) is 4.42. The van der Waals surface area contributed by atoms with Crippen molar-refractivity contribution in [3.05, 3.63) is 35.4 Å². The van der Waals surface area contributed by atoms with Crippen molar-refractivity contribution >= 4 is 23.6 Å². The molecule has 5 heteroatoms. The van der Waals surface area contributed by atoms with Crippen molar-refractivity contribution in [1.29, 1.82) is 0 Å². The quantitative estimate of drug-likeness (QED) is 0.924. The van der Waals surface area contributed by atoms with Crippen molar-refractivity contribution in [3.63, 3.8) is 0 Å². The van der Waals surface area contributed by atoms with Crippen LogP contribution in [0.1, 0.15) is 30.3 Å². The van der Waals surface area contributed by atoms with Gasteiger partial charge in [-0.1, -0.05) is 24.3 Å². The van der Waals surface area contributed by atoms with E-state index in [4.69, 9.17) is 0 Å². The molecule has 1 aromatic carbocycles. The zero-order valence-corrected chi connectivity index (χ0v) is 12.9. The fraction of sp³-hybridized carbons (Fsp3) is 0.467. The molecule has 20 heavy (non-hydrogen) atoms. The monoisotopic (exact) mass is 292 g/mol. The number of carbonyl (C=O) groups excluding carboxylic acids is 2. The predicted molar refractivity (Wildman–Crippen MR) is 81.4 cm³/mol. The summed E-state index contributed by atoms with van der Waals surface area (Å²) in [5.74, 6) is 0.366. The minimum atomic E-state index is -0.102. The van der Waals surface area contributed by atoms with Gasteiger partial charge in [0.15, 0.2) is 0 Å². The standard InChI is InChI=1S/C15H20N2O2S/c1-10(2)16-13(18)8-17-14(19)9-20-15(17)12-7-5-4-6-11(12)3/h4-7,10,15H,8-9H2,1-3H3,(H,16,18). The lowest BCUT2D eigenvalue weighted by Gasteiger charge is -2.25. The zero-order valence-electron chi connectivity index (χ0n) is 12.1. The van der Waals surface area contributed by atoms with Crippen LogP contribution in [0.5, 0.6) is 0 Å². The number of carbonyl (C=O) groups is 2. The van der Waals surface area contributed by atoms with Gasteiger partial charge in [-0.2, -0.15) is 0 Å². The maximum absolute atomic E-state index is 12.0. The molecule has 1 aliphatic rings. The van der Waals surface area contributed by atoms with E-state index in [0.717, 1.165) is 11.1 Å². The van der Waals surface area contributed by atoms with E-state index in [1.807, 2.05) is 45.0 Å². The van der Waals surface area contributed by atoms with E-state index in [-0.39, 0.29) is 29.8 Å². The van der Waals surface area contributed by atoms with Crippen LogP contribution >= 0.6 is 11.8 Å². The molecule has 1 heterocycles. The Hall–Kier alpha value is -1.49. The Morgan fingerprint density at radius 3 is 2.80 bits per heavy atom. The predicted octanol–water partition coefficient (Wildman–Crippen LogP) is 2.09. The number of amides is 2. The largest absolute Gasteiger partial charge is 0.352 e. The van der Waals surface area contributed by atoms with E-state index in [0.29, 0.717) is 5.75 Å². The Morgan fingerprint density at radius 2 is 2.15 bits per heavy atom. The topological polar surface area (TPSA) is 49.4 Å². The SMILES string of the molecule is Cc1ccccc1C1SCC(=O)N1CC(=O)NC(C)C. The molecule has 1 aliphatic heterocycles. The van der Waals surface area contributed by atoms with Crippen LogP contribution in [0.25, 0.3) is 0 Å². The van der Waals surface area contributed by atoms with E-state index in [1.165, 1.54) is 0 Å². The second-order valence-electron chi connectivity index (χ2n) is 5.26. The maximum atomic E-state index is 12.0. The van der Waals surface area contributed by atoms with Crippen molar-refractivity contribution in [3.8, 4) is 0 Å². The molecular formula is C15H20N2O2S. The van der Waals surface area contributed by atoms with Gasteiger partial charge >= 0.3 is 0 Å². The fourth-order valence-electron chi connectivity index (χ4n) is 2.27. The van der Waals surface area contributed by atoms with Crippen LogP contribution in [0, 0.1) is 6.92 Å². The smallest absolute Gasteiger partial charge is 0.239 e. The highest BCUT2D eigenvalue weighted by Crippen LogP contribution is 2.39. The number of nitrogens with one attached hydrogen (secondary N) is 1. The summed E-state index contributed by atoms with van der Waals surface area (Å²) in [6, 6.07) is 8.10. The molecule has 0 radical (unpaired) electrons. The Morgan fingerprint density at radius 1 is 1.45 bits per heavy atom. The molecule has 1 atom stereocenters. The van der Waals surface area contributed by atoms with E-state index in [9.17, 15) is 9.59 Å². The van der Waals surface area contributed by atoms with Crippen LogP contribution < -0.4 is 5.32 Å². The summed E-state index contributed by atoms with van der Waals surface area (Å²) in [5.41, 5.74) is 2.26. The van der Waals surface area contributed by atoms with Gasteiger partial charge in [-0.25, -0.2) is 0 Å². The molecule has 2 rings (SSSR count). The average Bonchev–Trinajstić information content (AvgIpc) is 2.71. The van der Waals surface area contributed by atoms with Crippen LogP contribution in [-0.4, -0.2) is 35.1 Å². The average molecular weight is 292 g/mol. The molecule has 0 aromatic heterocycles. The van der Waals surface area contributed by atoms with Gasteiger partial charge < -0.3 is 10.2 Å². The fourth-order valence-corrected chi connectivity index (χ4v) is 3.55. The molecule has 1 N–H and O–H groups in total. The van der Waals surface area contributed by atoms with Crippen molar-refractivity contribution in [2.45, 2.75) is 32.2 Å². The second-order valence-corrected chi connectivity index (χ2v) is 6.33. The minimum Gasteiger partial charge on any atom is -0.352 e. The summed E-state index contributed by atoms with van der Waals surface area (Å²) in [6.45, 7) is 5.99. The van der Waals surface area contributed by atoms with Crippen LogP contribution in [0.2, 0.25) is 0 Å². The van der Waals surface area contributed by atoms with Gasteiger partial charge in [0.1, 0.15) is 11.9 Å². The lowest BCUT2D eigenvalue weighted by atomic mass is 10.1.